The summed E-state index contributed by atoms with van der Waals surface area (Å²) >= 11 is 1.63. The first-order valence-electron chi connectivity index (χ1n) is 8.20. The lowest BCUT2D eigenvalue weighted by Gasteiger charge is -2.36. The Kier molecular flexibility index (Phi) is 5.09. The van der Waals surface area contributed by atoms with Crippen molar-refractivity contribution in [2.24, 2.45) is 0 Å². The maximum atomic E-state index is 11.4. The molecule has 0 bridgehead atoms. The van der Waals surface area contributed by atoms with Crippen LogP contribution in [-0.4, -0.2) is 23.6 Å². The van der Waals surface area contributed by atoms with E-state index in [1.54, 1.807) is 18.7 Å². The van der Waals surface area contributed by atoms with Crippen LogP contribution < -0.4 is 0 Å². The molecule has 1 aliphatic heterocycles. The molecule has 1 saturated heterocycles. The summed E-state index contributed by atoms with van der Waals surface area (Å²) in [6, 6.07) is 15.7. The van der Waals surface area contributed by atoms with E-state index in [1.165, 1.54) is 0 Å². The van der Waals surface area contributed by atoms with E-state index in [0.717, 1.165) is 20.9 Å². The van der Waals surface area contributed by atoms with Crippen molar-refractivity contribution in [1.82, 2.24) is 0 Å². The molecular weight excluding hydrogens is 320 g/mol. The minimum absolute atomic E-state index is 0.0687. The number of carbonyl (C=O) groups is 1. The van der Waals surface area contributed by atoms with E-state index in [9.17, 15) is 9.90 Å². The van der Waals surface area contributed by atoms with Gasteiger partial charge in [0.25, 0.3) is 0 Å². The van der Waals surface area contributed by atoms with Gasteiger partial charge in [-0.05, 0) is 43.7 Å². The molecule has 24 heavy (non-hydrogen) atoms. The summed E-state index contributed by atoms with van der Waals surface area (Å²) in [6.07, 6.45) is 1.31. The summed E-state index contributed by atoms with van der Waals surface area (Å²) in [4.78, 5) is 13.5. The van der Waals surface area contributed by atoms with Crippen LogP contribution in [0.4, 0.5) is 0 Å². The largest absolute Gasteiger partial charge is 0.385 e. The molecule has 3 rings (SSSR count). The highest BCUT2D eigenvalue weighted by molar-refractivity contribution is 7.99. The molecule has 0 aliphatic carbocycles. The molecule has 1 N–H and O–H groups in total. The van der Waals surface area contributed by atoms with Gasteiger partial charge < -0.3 is 9.84 Å². The second-order valence-corrected chi connectivity index (χ2v) is 7.52. The van der Waals surface area contributed by atoms with E-state index < -0.39 is 5.60 Å². The van der Waals surface area contributed by atoms with Crippen molar-refractivity contribution in [2.75, 3.05) is 6.61 Å². The first kappa shape index (κ1) is 17.2. The molecule has 4 heteroatoms. The Balaban J connectivity index is 1.79. The molecule has 126 valence electrons. The van der Waals surface area contributed by atoms with Gasteiger partial charge in [-0.1, -0.05) is 36.0 Å². The zero-order valence-electron chi connectivity index (χ0n) is 14.0. The molecule has 3 nitrogen and oxygen atoms in total. The number of hydrogen-bond acceptors (Lipinski definition) is 4. The van der Waals surface area contributed by atoms with Crippen LogP contribution in [0.15, 0.2) is 58.3 Å². The zero-order chi connectivity index (χ0) is 17.2. The van der Waals surface area contributed by atoms with E-state index >= 15 is 0 Å². The van der Waals surface area contributed by atoms with Crippen molar-refractivity contribution in [1.29, 1.82) is 0 Å². The minimum Gasteiger partial charge on any atom is -0.385 e. The Morgan fingerprint density at radius 3 is 2.62 bits per heavy atom. The van der Waals surface area contributed by atoms with Gasteiger partial charge in [-0.15, -0.1) is 0 Å². The van der Waals surface area contributed by atoms with Gasteiger partial charge in [0.1, 0.15) is 0 Å². The SMILES string of the molecule is CC(=O)c1ccc(Sc2cccc([C@@]3(O)CCO[C@@H](C)C3)c2)cc1. The van der Waals surface area contributed by atoms with E-state index in [0.29, 0.717) is 19.4 Å². The van der Waals surface area contributed by atoms with Crippen LogP contribution in [0, 0.1) is 0 Å². The highest BCUT2D eigenvalue weighted by Gasteiger charge is 2.35. The summed E-state index contributed by atoms with van der Waals surface area (Å²) in [7, 11) is 0. The Morgan fingerprint density at radius 1 is 1.21 bits per heavy atom. The molecule has 0 aromatic heterocycles. The summed E-state index contributed by atoms with van der Waals surface area (Å²) in [5, 5.41) is 11.0. The van der Waals surface area contributed by atoms with Gasteiger partial charge in [0, 0.05) is 28.2 Å². The molecule has 0 spiro atoms. The number of benzene rings is 2. The summed E-state index contributed by atoms with van der Waals surface area (Å²) in [5.74, 6) is 0.0735. The summed E-state index contributed by atoms with van der Waals surface area (Å²) in [5.41, 5.74) is 0.855. The Hall–Kier alpha value is -1.62. The van der Waals surface area contributed by atoms with Crippen molar-refractivity contribution in [2.45, 2.75) is 48.2 Å². The average molecular weight is 342 g/mol. The molecule has 0 radical (unpaired) electrons. The highest BCUT2D eigenvalue weighted by atomic mass is 32.2. The maximum Gasteiger partial charge on any atom is 0.159 e. The Morgan fingerprint density at radius 2 is 1.96 bits per heavy atom. The molecule has 0 amide bonds. The van der Waals surface area contributed by atoms with Crippen LogP contribution in [0.5, 0.6) is 0 Å². The lowest BCUT2D eigenvalue weighted by Crippen LogP contribution is -2.37. The Labute approximate surface area is 147 Å². The predicted octanol–water partition coefficient (Wildman–Crippen LogP) is 4.43. The molecule has 0 saturated carbocycles. The number of aliphatic hydroxyl groups is 1. The first-order chi connectivity index (χ1) is 11.5. The third kappa shape index (κ3) is 3.89. The number of carbonyl (C=O) groups excluding carboxylic acids is 1. The number of hydrogen-bond donors (Lipinski definition) is 1. The van der Waals surface area contributed by atoms with Crippen LogP contribution in [0.25, 0.3) is 0 Å². The van der Waals surface area contributed by atoms with Gasteiger partial charge in [-0.2, -0.15) is 0 Å². The van der Waals surface area contributed by atoms with Crippen LogP contribution in [0.2, 0.25) is 0 Å². The standard InChI is InChI=1S/C20H22O3S/c1-14-13-20(22,10-11-23-14)17-4-3-5-19(12-17)24-18-8-6-16(7-9-18)15(2)21/h3-9,12,14,22H,10-11,13H2,1-2H3/t14-,20+/m0/s1. The number of rotatable bonds is 4. The minimum atomic E-state index is -0.813. The van der Waals surface area contributed by atoms with Crippen molar-refractivity contribution in [3.8, 4) is 0 Å². The van der Waals surface area contributed by atoms with Gasteiger partial charge >= 0.3 is 0 Å². The van der Waals surface area contributed by atoms with Crippen LogP contribution in [-0.2, 0) is 10.3 Å². The third-order valence-corrected chi connectivity index (χ3v) is 5.41. The van der Waals surface area contributed by atoms with Gasteiger partial charge in [0.15, 0.2) is 5.78 Å². The van der Waals surface area contributed by atoms with Crippen molar-refractivity contribution >= 4 is 17.5 Å². The van der Waals surface area contributed by atoms with E-state index in [1.807, 2.05) is 49.4 Å². The first-order valence-corrected chi connectivity index (χ1v) is 9.01. The lowest BCUT2D eigenvalue weighted by atomic mass is 9.84. The fraction of sp³-hybridized carbons (Fsp3) is 0.350. The summed E-state index contributed by atoms with van der Waals surface area (Å²) in [6.45, 7) is 4.15. The number of ether oxygens (including phenoxy) is 1. The molecule has 0 unspecified atom stereocenters. The van der Waals surface area contributed by atoms with Crippen molar-refractivity contribution < 1.29 is 14.6 Å². The second-order valence-electron chi connectivity index (χ2n) is 6.38. The molecule has 2 aromatic carbocycles. The number of ketones is 1. The topological polar surface area (TPSA) is 46.5 Å². The molecule has 2 atom stereocenters. The number of Topliss-reactive ketones (excluding diaryl/α,β-unsaturated/α-hetero) is 1. The van der Waals surface area contributed by atoms with E-state index in [2.05, 4.69) is 6.07 Å². The van der Waals surface area contributed by atoms with Crippen LogP contribution >= 0.6 is 11.8 Å². The Bertz CT molecular complexity index is 726. The zero-order valence-corrected chi connectivity index (χ0v) is 14.8. The van der Waals surface area contributed by atoms with Crippen LogP contribution in [0.3, 0.4) is 0 Å². The maximum absolute atomic E-state index is 11.4. The molecule has 2 aromatic rings. The van der Waals surface area contributed by atoms with Gasteiger partial charge in [0.05, 0.1) is 18.3 Å². The average Bonchev–Trinajstić information content (AvgIpc) is 2.55. The molecule has 1 heterocycles. The van der Waals surface area contributed by atoms with Gasteiger partial charge in [-0.3, -0.25) is 4.79 Å². The van der Waals surface area contributed by atoms with Crippen molar-refractivity contribution in [3.63, 3.8) is 0 Å². The smallest absolute Gasteiger partial charge is 0.159 e. The fourth-order valence-electron chi connectivity index (χ4n) is 3.07. The van der Waals surface area contributed by atoms with Gasteiger partial charge in [-0.25, -0.2) is 0 Å². The van der Waals surface area contributed by atoms with E-state index in [-0.39, 0.29) is 11.9 Å². The monoisotopic (exact) mass is 342 g/mol. The molecular formula is C20H22O3S. The van der Waals surface area contributed by atoms with Crippen molar-refractivity contribution in [3.05, 3.63) is 59.7 Å². The second kappa shape index (κ2) is 7.09. The molecule has 1 aliphatic rings. The fourth-order valence-corrected chi connectivity index (χ4v) is 3.95. The molecule has 1 fully saturated rings. The third-order valence-electron chi connectivity index (χ3n) is 4.41. The highest BCUT2D eigenvalue weighted by Crippen LogP contribution is 2.37. The van der Waals surface area contributed by atoms with Crippen LogP contribution in [0.1, 0.15) is 42.6 Å². The quantitative estimate of drug-likeness (QED) is 0.835. The lowest BCUT2D eigenvalue weighted by molar-refractivity contribution is -0.101. The van der Waals surface area contributed by atoms with E-state index in [4.69, 9.17) is 4.74 Å². The normalized spacial score (nSPS) is 23.9. The summed E-state index contributed by atoms with van der Waals surface area (Å²) < 4.78 is 5.56. The predicted molar refractivity (Wildman–Crippen MR) is 95.6 cm³/mol. The van der Waals surface area contributed by atoms with Gasteiger partial charge in [0.2, 0.25) is 0 Å².